The topological polar surface area (TPSA) is 72.2 Å². The molecule has 1 N–H and O–H groups in total. The second-order valence-corrected chi connectivity index (χ2v) is 5.05. The Hall–Kier alpha value is -1.18. The fourth-order valence-corrected chi connectivity index (χ4v) is 2.06. The molecule has 1 aromatic carbocycles. The van der Waals surface area contributed by atoms with Gasteiger partial charge in [0.2, 0.25) is 0 Å². The van der Waals surface area contributed by atoms with E-state index < -0.39 is 4.92 Å². The highest BCUT2D eigenvalue weighted by Gasteiger charge is 2.12. The van der Waals surface area contributed by atoms with Gasteiger partial charge in [0.25, 0.3) is 11.6 Å². The van der Waals surface area contributed by atoms with Crippen molar-refractivity contribution in [3.05, 3.63) is 39.4 Å². The van der Waals surface area contributed by atoms with Gasteiger partial charge in [0.15, 0.2) is 0 Å². The van der Waals surface area contributed by atoms with Crippen molar-refractivity contribution in [2.24, 2.45) is 0 Å². The summed E-state index contributed by atoms with van der Waals surface area (Å²) in [6.07, 6.45) is 1.97. The number of nitrogens with one attached hydrogen (secondary N) is 1. The molecule has 0 radical (unpaired) electrons. The zero-order chi connectivity index (χ0) is 13.5. The summed E-state index contributed by atoms with van der Waals surface area (Å²) >= 11 is 2.28. The number of aryl methyl sites for hydroxylation is 1. The summed E-state index contributed by atoms with van der Waals surface area (Å²) in [5.74, 6) is -0.254. The molecule has 0 saturated carbocycles. The van der Waals surface area contributed by atoms with E-state index in [-0.39, 0.29) is 11.6 Å². The maximum Gasteiger partial charge on any atom is 0.270 e. The Balaban J connectivity index is 2.70. The summed E-state index contributed by atoms with van der Waals surface area (Å²) < 4.78 is 1.06. The lowest BCUT2D eigenvalue weighted by Crippen LogP contribution is -2.24. The smallest absolute Gasteiger partial charge is 0.270 e. The lowest BCUT2D eigenvalue weighted by Gasteiger charge is -2.05. The molecule has 6 heteroatoms. The predicted molar refractivity (Wildman–Crippen MR) is 78.3 cm³/mol. The molecule has 1 rings (SSSR count). The molecule has 0 bridgehead atoms. The lowest BCUT2D eigenvalue weighted by atomic mass is 10.1. The Morgan fingerprint density at radius 1 is 1.39 bits per heavy atom. The number of nitro benzene ring substituents is 1. The number of nitrogens with zero attached hydrogens (tertiary/aromatic N) is 1. The standard InChI is InChI=1S/C12H15IN2O3/c1-9-6-10(8-11(7-9)15(17)18)12(16)14-5-3-2-4-13/h6-8H,2-5H2,1H3,(H,14,16). The Kier molecular flexibility index (Phi) is 6.03. The third-order valence-electron chi connectivity index (χ3n) is 2.38. The monoisotopic (exact) mass is 362 g/mol. The number of carbonyl (C=O) groups excluding carboxylic acids is 1. The molecule has 18 heavy (non-hydrogen) atoms. The second-order valence-electron chi connectivity index (χ2n) is 3.97. The minimum absolute atomic E-state index is 0.0487. The average Bonchev–Trinajstić information content (AvgIpc) is 2.33. The maximum absolute atomic E-state index is 11.8. The summed E-state index contributed by atoms with van der Waals surface area (Å²) in [7, 11) is 0. The molecule has 1 amide bonds. The number of rotatable bonds is 6. The molecule has 0 fully saturated rings. The van der Waals surface area contributed by atoms with Crippen LogP contribution in [0.25, 0.3) is 0 Å². The molecule has 98 valence electrons. The number of halogens is 1. The minimum Gasteiger partial charge on any atom is -0.352 e. The van der Waals surface area contributed by atoms with Crippen LogP contribution in [0.2, 0.25) is 0 Å². The van der Waals surface area contributed by atoms with Gasteiger partial charge in [-0.25, -0.2) is 0 Å². The van der Waals surface area contributed by atoms with E-state index in [9.17, 15) is 14.9 Å². The first-order valence-corrected chi connectivity index (χ1v) is 7.17. The fourth-order valence-electron chi connectivity index (χ4n) is 1.52. The van der Waals surface area contributed by atoms with Crippen LogP contribution >= 0.6 is 22.6 Å². The van der Waals surface area contributed by atoms with Crippen LogP contribution in [0.4, 0.5) is 5.69 Å². The summed E-state index contributed by atoms with van der Waals surface area (Å²) in [5.41, 5.74) is 1.00. The Morgan fingerprint density at radius 2 is 2.11 bits per heavy atom. The number of amides is 1. The number of carbonyl (C=O) groups is 1. The first kappa shape index (κ1) is 14.9. The van der Waals surface area contributed by atoms with Gasteiger partial charge in [-0.2, -0.15) is 0 Å². The second kappa shape index (κ2) is 7.30. The largest absolute Gasteiger partial charge is 0.352 e. The van der Waals surface area contributed by atoms with Gasteiger partial charge in [-0.3, -0.25) is 14.9 Å². The molecule has 0 atom stereocenters. The minimum atomic E-state index is -0.486. The molecule has 0 aliphatic carbocycles. The molecular formula is C12H15IN2O3. The molecule has 0 aromatic heterocycles. The van der Waals surface area contributed by atoms with Gasteiger partial charge in [0.05, 0.1) is 4.92 Å². The molecule has 0 aliphatic rings. The van der Waals surface area contributed by atoms with Crippen LogP contribution < -0.4 is 5.32 Å². The van der Waals surface area contributed by atoms with Crippen LogP contribution in [0.3, 0.4) is 0 Å². The van der Waals surface area contributed by atoms with Crippen molar-refractivity contribution in [3.63, 3.8) is 0 Å². The van der Waals surface area contributed by atoms with Crippen molar-refractivity contribution in [3.8, 4) is 0 Å². The van der Waals surface area contributed by atoms with E-state index >= 15 is 0 Å². The quantitative estimate of drug-likeness (QED) is 0.278. The number of nitro groups is 1. The van der Waals surface area contributed by atoms with E-state index in [0.717, 1.165) is 17.3 Å². The normalized spacial score (nSPS) is 10.1. The Labute approximate surface area is 119 Å². The highest BCUT2D eigenvalue weighted by Crippen LogP contribution is 2.16. The summed E-state index contributed by atoms with van der Waals surface area (Å²) in [4.78, 5) is 22.0. The molecule has 0 spiro atoms. The fraction of sp³-hybridized carbons (Fsp3) is 0.417. The third-order valence-corrected chi connectivity index (χ3v) is 3.14. The third kappa shape index (κ3) is 4.59. The predicted octanol–water partition coefficient (Wildman–Crippen LogP) is 2.85. The molecule has 0 aliphatic heterocycles. The van der Waals surface area contributed by atoms with E-state index in [1.807, 2.05) is 0 Å². The highest BCUT2D eigenvalue weighted by atomic mass is 127. The average molecular weight is 362 g/mol. The van der Waals surface area contributed by atoms with Gasteiger partial charge >= 0.3 is 0 Å². The number of non-ortho nitro benzene ring substituents is 1. The van der Waals surface area contributed by atoms with Gasteiger partial charge in [-0.1, -0.05) is 22.6 Å². The van der Waals surface area contributed by atoms with Crippen molar-refractivity contribution in [1.29, 1.82) is 0 Å². The molecule has 0 unspecified atom stereocenters. The number of hydrogen-bond donors (Lipinski definition) is 1. The number of benzene rings is 1. The highest BCUT2D eigenvalue weighted by molar-refractivity contribution is 14.1. The number of alkyl halides is 1. The van der Waals surface area contributed by atoms with Gasteiger partial charge < -0.3 is 5.32 Å². The van der Waals surface area contributed by atoms with E-state index in [1.54, 1.807) is 13.0 Å². The van der Waals surface area contributed by atoms with Crippen molar-refractivity contribution in [2.75, 3.05) is 11.0 Å². The van der Waals surface area contributed by atoms with Crippen LogP contribution in [0.15, 0.2) is 18.2 Å². The molecule has 5 nitrogen and oxygen atoms in total. The van der Waals surface area contributed by atoms with Gasteiger partial charge in [-0.05, 0) is 35.8 Å². The summed E-state index contributed by atoms with van der Waals surface area (Å²) in [6, 6.07) is 4.41. The molecule has 1 aromatic rings. The SMILES string of the molecule is Cc1cc(C(=O)NCCCCI)cc([N+](=O)[O-])c1. The van der Waals surface area contributed by atoms with E-state index in [0.29, 0.717) is 17.7 Å². The zero-order valence-corrected chi connectivity index (χ0v) is 12.3. The van der Waals surface area contributed by atoms with Crippen LogP contribution in [0, 0.1) is 17.0 Å². The van der Waals surface area contributed by atoms with Gasteiger partial charge in [0.1, 0.15) is 0 Å². The zero-order valence-electron chi connectivity index (χ0n) is 10.1. The van der Waals surface area contributed by atoms with Crippen molar-refractivity contribution in [2.45, 2.75) is 19.8 Å². The van der Waals surface area contributed by atoms with E-state index in [4.69, 9.17) is 0 Å². The van der Waals surface area contributed by atoms with Gasteiger partial charge in [-0.15, -0.1) is 0 Å². The van der Waals surface area contributed by atoms with E-state index in [1.165, 1.54) is 12.1 Å². The van der Waals surface area contributed by atoms with Crippen LogP contribution in [0.1, 0.15) is 28.8 Å². The van der Waals surface area contributed by atoms with Crippen LogP contribution in [0.5, 0.6) is 0 Å². The summed E-state index contributed by atoms with van der Waals surface area (Å²) in [6.45, 7) is 2.34. The molecule has 0 saturated heterocycles. The summed E-state index contributed by atoms with van der Waals surface area (Å²) in [5, 5.41) is 13.5. The maximum atomic E-state index is 11.8. The van der Waals surface area contributed by atoms with Crippen molar-refractivity contribution < 1.29 is 9.72 Å². The number of hydrogen-bond acceptors (Lipinski definition) is 3. The number of unbranched alkanes of at least 4 members (excludes halogenated alkanes) is 1. The molecule has 0 heterocycles. The molecular weight excluding hydrogens is 347 g/mol. The Morgan fingerprint density at radius 3 is 2.72 bits per heavy atom. The van der Waals surface area contributed by atoms with Crippen molar-refractivity contribution >= 4 is 34.2 Å². The first-order chi connectivity index (χ1) is 8.54. The lowest BCUT2D eigenvalue weighted by molar-refractivity contribution is -0.384. The van der Waals surface area contributed by atoms with Crippen LogP contribution in [-0.4, -0.2) is 21.8 Å². The Bertz CT molecular complexity index is 449. The van der Waals surface area contributed by atoms with E-state index in [2.05, 4.69) is 27.9 Å². The van der Waals surface area contributed by atoms with Gasteiger partial charge in [0, 0.05) is 24.2 Å². The van der Waals surface area contributed by atoms with Crippen LogP contribution in [-0.2, 0) is 0 Å². The van der Waals surface area contributed by atoms with Crippen molar-refractivity contribution in [1.82, 2.24) is 5.32 Å². The first-order valence-electron chi connectivity index (χ1n) is 5.65.